The number of furan rings is 1. The fraction of sp³-hybridized carbons (Fsp3) is 0.545. The number of hydrogen-bond acceptors (Lipinski definition) is 5. The predicted molar refractivity (Wildman–Crippen MR) is 115 cm³/mol. The van der Waals surface area contributed by atoms with E-state index in [1.807, 2.05) is 19.1 Å². The number of pyridine rings is 1. The number of aliphatic hydroxyl groups is 1. The topological polar surface area (TPSA) is 91.9 Å². The quantitative estimate of drug-likeness (QED) is 0.416. The molecule has 0 aliphatic rings. The molecule has 0 spiro atoms. The van der Waals surface area contributed by atoms with Gasteiger partial charge >= 0.3 is 0 Å². The average molecular weight is 403 g/mol. The van der Waals surface area contributed by atoms with Crippen LogP contribution in [0, 0.1) is 5.92 Å². The van der Waals surface area contributed by atoms with Crippen molar-refractivity contribution < 1.29 is 14.3 Å². The van der Waals surface area contributed by atoms with Crippen molar-refractivity contribution in [2.45, 2.75) is 59.3 Å². The first-order chi connectivity index (χ1) is 13.8. The molecule has 7 heteroatoms. The van der Waals surface area contributed by atoms with Crippen LogP contribution in [-0.2, 0) is 12.1 Å². The van der Waals surface area contributed by atoms with Gasteiger partial charge in [-0.15, -0.1) is 0 Å². The van der Waals surface area contributed by atoms with Gasteiger partial charge in [-0.2, -0.15) is 0 Å². The van der Waals surface area contributed by atoms with Crippen molar-refractivity contribution in [2.24, 2.45) is 10.9 Å². The van der Waals surface area contributed by atoms with E-state index >= 15 is 0 Å². The highest BCUT2D eigenvalue weighted by Crippen LogP contribution is 2.20. The number of aliphatic imine (C=N–C) groups is 1. The zero-order valence-corrected chi connectivity index (χ0v) is 18.1. The van der Waals surface area contributed by atoms with Crippen molar-refractivity contribution in [1.29, 1.82) is 0 Å². The van der Waals surface area contributed by atoms with E-state index in [2.05, 4.69) is 41.4 Å². The van der Waals surface area contributed by atoms with Crippen molar-refractivity contribution >= 4 is 5.96 Å². The van der Waals surface area contributed by atoms with Crippen molar-refractivity contribution in [2.75, 3.05) is 13.1 Å². The smallest absolute Gasteiger partial charge is 0.213 e. The molecular formula is C22H34N4O3. The highest BCUT2D eigenvalue weighted by molar-refractivity contribution is 5.79. The third-order valence-corrected chi connectivity index (χ3v) is 4.34. The van der Waals surface area contributed by atoms with E-state index < -0.39 is 5.60 Å². The lowest BCUT2D eigenvalue weighted by molar-refractivity contribution is 0.0386. The molecular weight excluding hydrogens is 368 g/mol. The number of rotatable bonds is 10. The maximum atomic E-state index is 10.6. The van der Waals surface area contributed by atoms with Gasteiger partial charge < -0.3 is 24.9 Å². The summed E-state index contributed by atoms with van der Waals surface area (Å²) in [6.07, 6.45) is 4.39. The molecule has 0 amide bonds. The molecule has 7 nitrogen and oxygen atoms in total. The van der Waals surface area contributed by atoms with E-state index in [-0.39, 0.29) is 12.6 Å². The lowest BCUT2D eigenvalue weighted by atomic mass is 10.0. The minimum absolute atomic E-state index is 0.115. The number of hydrogen-bond donors (Lipinski definition) is 3. The lowest BCUT2D eigenvalue weighted by Crippen LogP contribution is -2.44. The molecule has 0 aromatic carbocycles. The second kappa shape index (κ2) is 10.9. The predicted octanol–water partition coefficient (Wildman–Crippen LogP) is 3.45. The molecule has 0 saturated heterocycles. The number of nitrogens with zero attached hydrogens (tertiary/aromatic N) is 2. The fourth-order valence-corrected chi connectivity index (χ4v) is 2.97. The van der Waals surface area contributed by atoms with Gasteiger partial charge in [0.1, 0.15) is 11.4 Å². The van der Waals surface area contributed by atoms with Gasteiger partial charge in [0, 0.05) is 18.8 Å². The van der Waals surface area contributed by atoms with Crippen LogP contribution in [0.4, 0.5) is 0 Å². The molecule has 2 aromatic rings. The van der Waals surface area contributed by atoms with E-state index in [9.17, 15) is 5.11 Å². The molecule has 0 saturated carbocycles. The Labute approximate surface area is 173 Å². The van der Waals surface area contributed by atoms with E-state index in [4.69, 9.17) is 9.15 Å². The Balaban J connectivity index is 1.98. The van der Waals surface area contributed by atoms with Crippen LogP contribution in [-0.4, -0.2) is 35.2 Å². The fourth-order valence-electron chi connectivity index (χ4n) is 2.97. The third-order valence-electron chi connectivity index (χ3n) is 4.34. The first kappa shape index (κ1) is 22.7. The molecule has 0 bridgehead atoms. The summed E-state index contributed by atoms with van der Waals surface area (Å²) in [4.78, 5) is 8.91. The molecule has 2 rings (SSSR count). The Bertz CT molecular complexity index is 757. The van der Waals surface area contributed by atoms with Crippen molar-refractivity contribution in [3.63, 3.8) is 0 Å². The van der Waals surface area contributed by atoms with Crippen LogP contribution in [0.15, 0.2) is 46.1 Å². The number of ether oxygens (including phenoxy) is 1. The molecule has 29 heavy (non-hydrogen) atoms. The standard InChI is InChI=1S/C22H34N4O3/c1-6-23-21(26-15-22(5,27)19-8-7-11-28-19)25-14-18-9-10-24-20(13-18)29-17(4)12-16(2)3/h7-11,13,16-17,27H,6,12,14-15H2,1-5H3,(H2,23,25,26). The van der Waals surface area contributed by atoms with Crippen LogP contribution < -0.4 is 15.4 Å². The molecule has 0 aliphatic carbocycles. The van der Waals surface area contributed by atoms with E-state index in [1.54, 1.807) is 31.5 Å². The van der Waals surface area contributed by atoms with Gasteiger partial charge in [0.15, 0.2) is 5.96 Å². The highest BCUT2D eigenvalue weighted by atomic mass is 16.5. The van der Waals surface area contributed by atoms with Crippen molar-refractivity contribution in [3.05, 3.63) is 48.0 Å². The minimum Gasteiger partial charge on any atom is -0.475 e. The summed E-state index contributed by atoms with van der Waals surface area (Å²) < 4.78 is 11.2. The van der Waals surface area contributed by atoms with E-state index in [1.165, 1.54) is 0 Å². The van der Waals surface area contributed by atoms with Crippen LogP contribution in [0.1, 0.15) is 52.4 Å². The Morgan fingerprint density at radius 3 is 2.76 bits per heavy atom. The van der Waals surface area contributed by atoms with Gasteiger partial charge in [-0.3, -0.25) is 0 Å². The monoisotopic (exact) mass is 402 g/mol. The molecule has 2 heterocycles. The zero-order valence-electron chi connectivity index (χ0n) is 18.1. The second-order valence-electron chi connectivity index (χ2n) is 7.86. The summed E-state index contributed by atoms with van der Waals surface area (Å²) in [5.41, 5.74) is -0.133. The van der Waals surface area contributed by atoms with Crippen LogP contribution >= 0.6 is 0 Å². The third kappa shape index (κ3) is 7.77. The molecule has 0 radical (unpaired) electrons. The van der Waals surface area contributed by atoms with Crippen molar-refractivity contribution in [1.82, 2.24) is 15.6 Å². The summed E-state index contributed by atoms with van der Waals surface area (Å²) in [7, 11) is 0. The summed E-state index contributed by atoms with van der Waals surface area (Å²) in [6, 6.07) is 7.35. The Kier molecular flexibility index (Phi) is 8.51. The van der Waals surface area contributed by atoms with Crippen LogP contribution in [0.25, 0.3) is 0 Å². The first-order valence-corrected chi connectivity index (χ1v) is 10.2. The van der Waals surface area contributed by atoms with Crippen LogP contribution in [0.2, 0.25) is 0 Å². The SMILES string of the molecule is CCNC(=NCc1ccnc(OC(C)CC(C)C)c1)NCC(C)(O)c1ccco1. The van der Waals surface area contributed by atoms with Gasteiger partial charge in [0.05, 0.1) is 25.5 Å². The van der Waals surface area contributed by atoms with Gasteiger partial charge in [0.2, 0.25) is 5.88 Å². The van der Waals surface area contributed by atoms with Gasteiger partial charge in [-0.05, 0) is 56.9 Å². The molecule has 0 aliphatic heterocycles. The molecule has 160 valence electrons. The summed E-state index contributed by atoms with van der Waals surface area (Å²) in [5.74, 6) is 2.31. The second-order valence-corrected chi connectivity index (χ2v) is 7.86. The average Bonchev–Trinajstić information content (AvgIpc) is 3.19. The van der Waals surface area contributed by atoms with Crippen molar-refractivity contribution in [3.8, 4) is 5.88 Å². The van der Waals surface area contributed by atoms with Gasteiger partial charge in [-0.25, -0.2) is 9.98 Å². The maximum absolute atomic E-state index is 10.6. The van der Waals surface area contributed by atoms with Crippen LogP contribution in [0.3, 0.4) is 0 Å². The highest BCUT2D eigenvalue weighted by Gasteiger charge is 2.26. The number of aromatic nitrogens is 1. The first-order valence-electron chi connectivity index (χ1n) is 10.2. The largest absolute Gasteiger partial charge is 0.475 e. The lowest BCUT2D eigenvalue weighted by Gasteiger charge is -2.22. The Morgan fingerprint density at radius 1 is 1.31 bits per heavy atom. The Hall–Kier alpha value is -2.54. The molecule has 3 N–H and O–H groups in total. The van der Waals surface area contributed by atoms with Crippen LogP contribution in [0.5, 0.6) is 5.88 Å². The normalized spacial score (nSPS) is 15.1. The molecule has 0 fully saturated rings. The zero-order chi connectivity index (χ0) is 21.3. The number of guanidine groups is 1. The maximum Gasteiger partial charge on any atom is 0.213 e. The minimum atomic E-state index is -1.13. The van der Waals surface area contributed by atoms with E-state index in [0.29, 0.717) is 36.6 Å². The van der Waals surface area contributed by atoms with Gasteiger partial charge in [0.25, 0.3) is 0 Å². The molecule has 2 unspecified atom stereocenters. The van der Waals surface area contributed by atoms with Gasteiger partial charge in [-0.1, -0.05) is 13.8 Å². The van der Waals surface area contributed by atoms with E-state index in [0.717, 1.165) is 12.0 Å². The number of nitrogens with one attached hydrogen (secondary N) is 2. The summed E-state index contributed by atoms with van der Waals surface area (Å²) >= 11 is 0. The summed E-state index contributed by atoms with van der Waals surface area (Å²) in [5, 5.41) is 17.0. The summed E-state index contributed by atoms with van der Waals surface area (Å²) in [6.45, 7) is 11.6. The molecule has 2 atom stereocenters. The Morgan fingerprint density at radius 2 is 2.10 bits per heavy atom. The molecule has 2 aromatic heterocycles.